The first-order chi connectivity index (χ1) is 10.3. The minimum absolute atomic E-state index is 0.220. The van der Waals surface area contributed by atoms with Crippen LogP contribution in [0.1, 0.15) is 0 Å². The van der Waals surface area contributed by atoms with Crippen LogP contribution in [0.15, 0.2) is 18.2 Å². The van der Waals surface area contributed by atoms with Gasteiger partial charge in [0, 0.05) is 32.7 Å². The Morgan fingerprint density at radius 1 is 1.24 bits per heavy atom. The molecule has 1 unspecified atom stereocenters. The zero-order valence-electron chi connectivity index (χ0n) is 12.2. The van der Waals surface area contributed by atoms with Crippen LogP contribution < -0.4 is 19.9 Å². The smallest absolute Gasteiger partial charge is 0.144 e. The third kappa shape index (κ3) is 3.07. The first kappa shape index (κ1) is 14.4. The lowest BCUT2D eigenvalue weighted by Gasteiger charge is -2.38. The summed E-state index contributed by atoms with van der Waals surface area (Å²) in [5.74, 6) is 0.863. The molecule has 6 nitrogen and oxygen atoms in total. The number of hydrogen-bond donors (Lipinski definition) is 3. The van der Waals surface area contributed by atoms with E-state index in [1.54, 1.807) is 0 Å². The lowest BCUT2D eigenvalue weighted by molar-refractivity contribution is 0.0984. The highest BCUT2D eigenvalue weighted by atomic mass is 16.5. The van der Waals surface area contributed by atoms with Gasteiger partial charge in [-0.2, -0.15) is 0 Å². The number of aliphatic hydroxyl groups excluding tert-OH is 2. The monoisotopic (exact) mass is 293 g/mol. The minimum atomic E-state index is -0.730. The predicted molar refractivity (Wildman–Crippen MR) is 82.3 cm³/mol. The zero-order valence-corrected chi connectivity index (χ0v) is 12.2. The van der Waals surface area contributed by atoms with Gasteiger partial charge in [-0.05, 0) is 12.1 Å². The van der Waals surface area contributed by atoms with E-state index in [9.17, 15) is 5.11 Å². The minimum Gasteiger partial charge on any atom is -0.489 e. The maximum atomic E-state index is 9.78. The molecule has 0 radical (unpaired) electrons. The molecule has 21 heavy (non-hydrogen) atoms. The average Bonchev–Trinajstić information content (AvgIpc) is 2.55. The summed E-state index contributed by atoms with van der Waals surface area (Å²) in [6.45, 7) is 5.43. The highest BCUT2D eigenvalue weighted by Crippen LogP contribution is 2.40. The van der Waals surface area contributed by atoms with Crippen molar-refractivity contribution >= 4 is 11.4 Å². The van der Waals surface area contributed by atoms with Gasteiger partial charge in [-0.25, -0.2) is 0 Å². The van der Waals surface area contributed by atoms with E-state index >= 15 is 0 Å². The molecule has 2 aliphatic heterocycles. The van der Waals surface area contributed by atoms with Crippen molar-refractivity contribution in [2.24, 2.45) is 0 Å². The summed E-state index contributed by atoms with van der Waals surface area (Å²) in [5, 5.41) is 22.2. The lowest BCUT2D eigenvalue weighted by atomic mass is 10.1. The highest BCUT2D eigenvalue weighted by Gasteiger charge is 2.26. The largest absolute Gasteiger partial charge is 0.489 e. The molecule has 0 bridgehead atoms. The number of nitrogens with one attached hydrogen (secondary N) is 1. The summed E-state index contributed by atoms with van der Waals surface area (Å²) in [5.41, 5.74) is 2.19. The molecule has 3 rings (SSSR count). The number of rotatable bonds is 4. The quantitative estimate of drug-likeness (QED) is 0.705. The average molecular weight is 293 g/mol. The maximum Gasteiger partial charge on any atom is 0.144 e. The first-order valence-electron chi connectivity index (χ1n) is 7.55. The van der Waals surface area contributed by atoms with Crippen LogP contribution in [0.3, 0.4) is 0 Å². The van der Waals surface area contributed by atoms with Crippen LogP contribution in [-0.2, 0) is 0 Å². The van der Waals surface area contributed by atoms with Crippen molar-refractivity contribution in [1.82, 2.24) is 5.32 Å². The van der Waals surface area contributed by atoms with E-state index in [0.717, 1.165) is 49.8 Å². The van der Waals surface area contributed by atoms with Gasteiger partial charge in [-0.15, -0.1) is 0 Å². The number of ether oxygens (including phenoxy) is 1. The number of hydrogen-bond acceptors (Lipinski definition) is 6. The van der Waals surface area contributed by atoms with Crippen molar-refractivity contribution in [3.63, 3.8) is 0 Å². The van der Waals surface area contributed by atoms with Crippen LogP contribution in [-0.4, -0.2) is 68.8 Å². The van der Waals surface area contributed by atoms with E-state index in [-0.39, 0.29) is 6.61 Å². The molecule has 0 amide bonds. The van der Waals surface area contributed by atoms with Crippen LogP contribution >= 0.6 is 0 Å². The van der Waals surface area contributed by atoms with E-state index in [2.05, 4.69) is 21.2 Å². The number of β-amino-alcohol motifs (C(OH)–C–C–N with tert-alkyl or cyclic N) is 1. The van der Waals surface area contributed by atoms with Crippen molar-refractivity contribution in [2.45, 2.75) is 6.10 Å². The predicted octanol–water partition coefficient (Wildman–Crippen LogP) is -0.352. The van der Waals surface area contributed by atoms with Gasteiger partial charge in [0.25, 0.3) is 0 Å². The molecule has 1 aromatic carbocycles. The van der Waals surface area contributed by atoms with E-state index in [1.165, 1.54) is 0 Å². The molecule has 1 atom stereocenters. The van der Waals surface area contributed by atoms with E-state index < -0.39 is 6.10 Å². The fourth-order valence-corrected chi connectivity index (χ4v) is 2.98. The number of benzene rings is 1. The van der Waals surface area contributed by atoms with Gasteiger partial charge in [-0.1, -0.05) is 6.07 Å². The molecule has 1 saturated heterocycles. The molecule has 1 aromatic rings. The van der Waals surface area contributed by atoms with Crippen LogP contribution in [0, 0.1) is 0 Å². The SMILES string of the molecule is OCC(O)CN1CCOc2cccc(N3CCNCC3)c21. The number of para-hydroxylation sites is 1. The molecule has 0 aromatic heterocycles. The molecule has 0 saturated carbocycles. The molecule has 2 aliphatic rings. The number of fused-ring (bicyclic) bond motifs is 1. The summed E-state index contributed by atoms with van der Waals surface area (Å²) < 4.78 is 5.77. The second-order valence-electron chi connectivity index (χ2n) is 5.49. The molecule has 116 valence electrons. The van der Waals surface area contributed by atoms with Crippen molar-refractivity contribution in [3.05, 3.63) is 18.2 Å². The summed E-state index contributed by atoms with van der Waals surface area (Å²) >= 11 is 0. The number of piperazine rings is 1. The Morgan fingerprint density at radius 3 is 2.81 bits per heavy atom. The summed E-state index contributed by atoms with van der Waals surface area (Å²) in [6, 6.07) is 6.10. The second kappa shape index (κ2) is 6.51. The van der Waals surface area contributed by atoms with E-state index in [4.69, 9.17) is 9.84 Å². The molecule has 6 heteroatoms. The fourth-order valence-electron chi connectivity index (χ4n) is 2.98. The van der Waals surface area contributed by atoms with Crippen LogP contribution in [0.5, 0.6) is 5.75 Å². The summed E-state index contributed by atoms with van der Waals surface area (Å²) in [7, 11) is 0. The normalized spacial score (nSPS) is 19.9. The Labute approximate surface area is 124 Å². The van der Waals surface area contributed by atoms with Crippen LogP contribution in [0.2, 0.25) is 0 Å². The second-order valence-corrected chi connectivity index (χ2v) is 5.49. The Kier molecular flexibility index (Phi) is 4.48. The van der Waals surface area contributed by atoms with Gasteiger partial charge in [0.15, 0.2) is 0 Å². The zero-order chi connectivity index (χ0) is 14.7. The summed E-state index contributed by atoms with van der Waals surface area (Å²) in [4.78, 5) is 4.47. The van der Waals surface area contributed by atoms with Crippen molar-refractivity contribution in [3.8, 4) is 5.75 Å². The van der Waals surface area contributed by atoms with Gasteiger partial charge in [-0.3, -0.25) is 0 Å². The van der Waals surface area contributed by atoms with Gasteiger partial charge < -0.3 is 30.1 Å². The third-order valence-corrected chi connectivity index (χ3v) is 4.01. The Balaban J connectivity index is 1.90. The molecule has 0 aliphatic carbocycles. The van der Waals surface area contributed by atoms with Gasteiger partial charge >= 0.3 is 0 Å². The van der Waals surface area contributed by atoms with Crippen molar-refractivity contribution in [1.29, 1.82) is 0 Å². The Bertz CT molecular complexity index is 477. The maximum absolute atomic E-state index is 9.78. The topological polar surface area (TPSA) is 68.2 Å². The molecular formula is C15H23N3O3. The molecule has 0 spiro atoms. The van der Waals surface area contributed by atoms with Gasteiger partial charge in [0.1, 0.15) is 18.0 Å². The van der Waals surface area contributed by atoms with Gasteiger partial charge in [0.05, 0.1) is 24.9 Å². The Hall–Kier alpha value is -1.50. The molecule has 3 N–H and O–H groups in total. The van der Waals surface area contributed by atoms with Crippen LogP contribution in [0.25, 0.3) is 0 Å². The number of aliphatic hydroxyl groups is 2. The van der Waals surface area contributed by atoms with Crippen LogP contribution in [0.4, 0.5) is 11.4 Å². The molecule has 1 fully saturated rings. The summed E-state index contributed by atoms with van der Waals surface area (Å²) in [6.07, 6.45) is -0.730. The van der Waals surface area contributed by atoms with Gasteiger partial charge in [0.2, 0.25) is 0 Å². The van der Waals surface area contributed by atoms with E-state index in [1.807, 2.05) is 12.1 Å². The highest BCUT2D eigenvalue weighted by molar-refractivity contribution is 5.78. The molecular weight excluding hydrogens is 270 g/mol. The lowest BCUT2D eigenvalue weighted by Crippen LogP contribution is -2.45. The molecule has 2 heterocycles. The Morgan fingerprint density at radius 2 is 2.05 bits per heavy atom. The van der Waals surface area contributed by atoms with Crippen molar-refractivity contribution < 1.29 is 14.9 Å². The standard InChI is InChI=1S/C15H23N3O3/c19-11-12(20)10-18-8-9-21-14-3-1-2-13(15(14)18)17-6-4-16-5-7-17/h1-3,12,16,19-20H,4-11H2. The number of nitrogens with zero attached hydrogens (tertiary/aromatic N) is 2. The first-order valence-corrected chi connectivity index (χ1v) is 7.55. The fraction of sp³-hybridized carbons (Fsp3) is 0.600. The van der Waals surface area contributed by atoms with Crippen molar-refractivity contribution in [2.75, 3.05) is 62.3 Å². The number of anilines is 2. The van der Waals surface area contributed by atoms with E-state index in [0.29, 0.717) is 13.2 Å². The third-order valence-electron chi connectivity index (χ3n) is 4.01.